The molecule has 0 radical (unpaired) electrons. The lowest BCUT2D eigenvalue weighted by atomic mass is 10.1. The average molecular weight is 338 g/mol. The summed E-state index contributed by atoms with van der Waals surface area (Å²) in [5.74, 6) is 0.903. The van der Waals surface area contributed by atoms with Gasteiger partial charge in [0.15, 0.2) is 5.13 Å². The highest BCUT2D eigenvalue weighted by atomic mass is 32.1. The van der Waals surface area contributed by atoms with E-state index in [0.29, 0.717) is 11.6 Å². The number of amides is 1. The highest BCUT2D eigenvalue weighted by Crippen LogP contribution is 2.28. The largest absolute Gasteiger partial charge is 0.493 e. The summed E-state index contributed by atoms with van der Waals surface area (Å²) in [6.07, 6.45) is 2.27. The van der Waals surface area contributed by atoms with Gasteiger partial charge in [0.25, 0.3) is 0 Å². The molecule has 0 saturated carbocycles. The molecule has 0 spiro atoms. The number of anilines is 1. The first-order valence-corrected chi connectivity index (χ1v) is 8.97. The molecule has 0 atom stereocenters. The molecule has 1 aromatic heterocycles. The van der Waals surface area contributed by atoms with Gasteiger partial charge in [-0.1, -0.05) is 36.5 Å². The average Bonchev–Trinajstić information content (AvgIpc) is 3.19. The van der Waals surface area contributed by atoms with Gasteiger partial charge in [0.05, 0.1) is 23.2 Å². The first-order chi connectivity index (χ1) is 11.7. The van der Waals surface area contributed by atoms with E-state index in [2.05, 4.69) is 35.4 Å². The Morgan fingerprint density at radius 3 is 3.00 bits per heavy atom. The summed E-state index contributed by atoms with van der Waals surface area (Å²) in [7, 11) is 0. The van der Waals surface area contributed by atoms with Crippen molar-refractivity contribution in [2.45, 2.75) is 26.2 Å². The molecular weight excluding hydrogens is 320 g/mol. The van der Waals surface area contributed by atoms with Crippen LogP contribution in [0, 0.1) is 0 Å². The fraction of sp³-hybridized carbons (Fsp3) is 0.263. The van der Waals surface area contributed by atoms with E-state index in [4.69, 9.17) is 4.74 Å². The molecule has 4 rings (SSSR count). The van der Waals surface area contributed by atoms with Crippen molar-refractivity contribution in [3.63, 3.8) is 0 Å². The number of aryl methyl sites for hydroxylation is 1. The number of aromatic nitrogens is 1. The van der Waals surface area contributed by atoms with E-state index in [1.807, 2.05) is 18.2 Å². The number of thiazole rings is 1. The van der Waals surface area contributed by atoms with Crippen LogP contribution < -0.4 is 10.1 Å². The van der Waals surface area contributed by atoms with Crippen LogP contribution in [-0.4, -0.2) is 17.5 Å². The predicted molar refractivity (Wildman–Crippen MR) is 97.0 cm³/mol. The van der Waals surface area contributed by atoms with E-state index in [-0.39, 0.29) is 5.91 Å². The van der Waals surface area contributed by atoms with Crippen LogP contribution in [0.25, 0.3) is 10.2 Å². The Morgan fingerprint density at radius 1 is 1.25 bits per heavy atom. The molecule has 3 aromatic rings. The number of nitrogens with zero attached hydrogens (tertiary/aromatic N) is 1. The molecule has 0 aliphatic carbocycles. The van der Waals surface area contributed by atoms with Gasteiger partial charge in [-0.2, -0.15) is 0 Å². The Hall–Kier alpha value is -2.40. The maximum absolute atomic E-state index is 12.3. The van der Waals surface area contributed by atoms with Gasteiger partial charge in [-0.3, -0.25) is 4.79 Å². The molecule has 0 saturated heterocycles. The summed E-state index contributed by atoms with van der Waals surface area (Å²) in [6.45, 7) is 2.86. The smallest absolute Gasteiger partial charge is 0.230 e. The van der Waals surface area contributed by atoms with E-state index < -0.39 is 0 Å². The molecule has 122 valence electrons. The minimum atomic E-state index is -0.0383. The minimum Gasteiger partial charge on any atom is -0.493 e. The normalized spacial score (nSPS) is 12.9. The number of hydrogen-bond acceptors (Lipinski definition) is 4. The van der Waals surface area contributed by atoms with Crippen molar-refractivity contribution in [3.05, 3.63) is 53.1 Å². The lowest BCUT2D eigenvalue weighted by Gasteiger charge is -2.04. The number of nitrogens with one attached hydrogen (secondary N) is 1. The Kier molecular flexibility index (Phi) is 3.94. The second kappa shape index (κ2) is 6.24. The molecule has 1 aliphatic rings. The zero-order valence-corrected chi connectivity index (χ0v) is 14.3. The Bertz CT molecular complexity index is 917. The summed E-state index contributed by atoms with van der Waals surface area (Å²) in [5.41, 5.74) is 4.41. The van der Waals surface area contributed by atoms with Crippen molar-refractivity contribution in [1.82, 2.24) is 4.98 Å². The van der Waals surface area contributed by atoms with Crippen molar-refractivity contribution < 1.29 is 9.53 Å². The molecule has 1 N–H and O–H groups in total. The van der Waals surface area contributed by atoms with Gasteiger partial charge in [0, 0.05) is 6.42 Å². The molecule has 5 heteroatoms. The Morgan fingerprint density at radius 2 is 2.12 bits per heavy atom. The summed E-state index contributed by atoms with van der Waals surface area (Å²) >= 11 is 1.52. The van der Waals surface area contributed by atoms with Crippen LogP contribution in [-0.2, 0) is 24.1 Å². The van der Waals surface area contributed by atoms with Crippen LogP contribution in [0.2, 0.25) is 0 Å². The number of carbonyl (C=O) groups is 1. The third kappa shape index (κ3) is 2.99. The highest BCUT2D eigenvalue weighted by molar-refractivity contribution is 7.22. The third-order valence-electron chi connectivity index (χ3n) is 4.23. The standard InChI is InChI=1S/C19H18N2O2S/c1-2-12-3-5-15-17(10-12)24-19(20-15)21-18(22)11-13-4-6-16-14(9-13)7-8-23-16/h3-6,9-10H,2,7-8,11H2,1H3,(H,20,21,22). The molecule has 0 bridgehead atoms. The maximum Gasteiger partial charge on any atom is 0.230 e. The first-order valence-electron chi connectivity index (χ1n) is 8.15. The van der Waals surface area contributed by atoms with E-state index >= 15 is 0 Å². The second-order valence-electron chi connectivity index (χ2n) is 5.94. The monoisotopic (exact) mass is 338 g/mol. The van der Waals surface area contributed by atoms with Crippen molar-refractivity contribution in [3.8, 4) is 5.75 Å². The maximum atomic E-state index is 12.3. The molecular formula is C19H18N2O2S. The molecule has 2 aromatic carbocycles. The lowest BCUT2D eigenvalue weighted by molar-refractivity contribution is -0.115. The van der Waals surface area contributed by atoms with Crippen molar-refractivity contribution >= 4 is 32.6 Å². The zero-order chi connectivity index (χ0) is 16.5. The lowest BCUT2D eigenvalue weighted by Crippen LogP contribution is -2.14. The fourth-order valence-corrected chi connectivity index (χ4v) is 3.89. The van der Waals surface area contributed by atoms with Crippen molar-refractivity contribution in [1.29, 1.82) is 0 Å². The third-order valence-corrected chi connectivity index (χ3v) is 5.16. The fourth-order valence-electron chi connectivity index (χ4n) is 2.94. The second-order valence-corrected chi connectivity index (χ2v) is 6.97. The summed E-state index contributed by atoms with van der Waals surface area (Å²) in [4.78, 5) is 16.8. The number of rotatable bonds is 4. The number of carbonyl (C=O) groups excluding carboxylic acids is 1. The highest BCUT2D eigenvalue weighted by Gasteiger charge is 2.14. The van der Waals surface area contributed by atoms with Gasteiger partial charge in [0.2, 0.25) is 5.91 Å². The minimum absolute atomic E-state index is 0.0383. The van der Waals surface area contributed by atoms with E-state index in [1.54, 1.807) is 0 Å². The molecule has 1 amide bonds. The van der Waals surface area contributed by atoms with E-state index in [1.165, 1.54) is 22.5 Å². The van der Waals surface area contributed by atoms with Gasteiger partial charge in [-0.15, -0.1) is 0 Å². The molecule has 24 heavy (non-hydrogen) atoms. The van der Waals surface area contributed by atoms with Crippen LogP contribution >= 0.6 is 11.3 Å². The quantitative estimate of drug-likeness (QED) is 0.783. The van der Waals surface area contributed by atoms with Gasteiger partial charge >= 0.3 is 0 Å². The summed E-state index contributed by atoms with van der Waals surface area (Å²) in [6, 6.07) is 12.2. The van der Waals surface area contributed by atoms with Crippen LogP contribution in [0.5, 0.6) is 5.75 Å². The summed E-state index contributed by atoms with van der Waals surface area (Å²) < 4.78 is 6.61. The van der Waals surface area contributed by atoms with Gasteiger partial charge in [-0.05, 0) is 41.3 Å². The molecule has 1 aliphatic heterocycles. The predicted octanol–water partition coefficient (Wildman–Crippen LogP) is 3.97. The van der Waals surface area contributed by atoms with Crippen LogP contribution in [0.4, 0.5) is 5.13 Å². The molecule has 2 heterocycles. The zero-order valence-electron chi connectivity index (χ0n) is 13.5. The number of hydrogen-bond donors (Lipinski definition) is 1. The van der Waals surface area contributed by atoms with Crippen LogP contribution in [0.3, 0.4) is 0 Å². The number of ether oxygens (including phenoxy) is 1. The van der Waals surface area contributed by atoms with Gasteiger partial charge in [0.1, 0.15) is 5.75 Å². The van der Waals surface area contributed by atoms with Gasteiger partial charge in [-0.25, -0.2) is 4.98 Å². The first kappa shape index (κ1) is 15.1. The number of fused-ring (bicyclic) bond motifs is 2. The Labute approximate surface area is 144 Å². The van der Waals surface area contributed by atoms with Crippen molar-refractivity contribution in [2.24, 2.45) is 0 Å². The number of benzene rings is 2. The SMILES string of the molecule is CCc1ccc2nc(NC(=O)Cc3ccc4c(c3)CCO4)sc2c1. The van der Waals surface area contributed by atoms with Gasteiger partial charge < -0.3 is 10.1 Å². The van der Waals surface area contributed by atoms with Crippen LogP contribution in [0.1, 0.15) is 23.6 Å². The summed E-state index contributed by atoms with van der Waals surface area (Å²) in [5, 5.41) is 3.58. The van der Waals surface area contributed by atoms with E-state index in [0.717, 1.165) is 41.0 Å². The molecule has 0 fully saturated rings. The Balaban J connectivity index is 1.47. The molecule has 0 unspecified atom stereocenters. The van der Waals surface area contributed by atoms with E-state index in [9.17, 15) is 4.79 Å². The van der Waals surface area contributed by atoms with Crippen molar-refractivity contribution in [2.75, 3.05) is 11.9 Å². The van der Waals surface area contributed by atoms with Crippen LogP contribution in [0.15, 0.2) is 36.4 Å². The molecule has 4 nitrogen and oxygen atoms in total. The topological polar surface area (TPSA) is 51.2 Å².